The van der Waals surface area contributed by atoms with Gasteiger partial charge in [0.05, 0.1) is 0 Å². The lowest BCUT2D eigenvalue weighted by Gasteiger charge is -2.27. The summed E-state index contributed by atoms with van der Waals surface area (Å²) in [6.45, 7) is -0.471. The zero-order valence-corrected chi connectivity index (χ0v) is 11.4. The largest absolute Gasteiger partial charge is 0.411 e. The number of hydrogen-bond acceptors (Lipinski definition) is 2. The van der Waals surface area contributed by atoms with Crippen LogP contribution in [-0.2, 0) is 17.6 Å². The van der Waals surface area contributed by atoms with Crippen molar-refractivity contribution in [1.82, 2.24) is 0 Å². The van der Waals surface area contributed by atoms with Crippen molar-refractivity contribution in [3.63, 3.8) is 0 Å². The number of alkyl halides is 3. The topological polar surface area (TPSA) is 35.2 Å². The predicted octanol–water partition coefficient (Wildman–Crippen LogP) is 3.09. The van der Waals surface area contributed by atoms with Gasteiger partial charge in [0.2, 0.25) is 0 Å². The first-order valence-electron chi connectivity index (χ1n) is 6.85. The molecule has 2 N–H and O–H groups in total. The minimum atomic E-state index is -4.24. The second-order valence-corrected chi connectivity index (χ2v) is 5.60. The van der Waals surface area contributed by atoms with E-state index in [-0.39, 0.29) is 12.0 Å². The number of nitrogens with two attached hydrogens (primary N) is 1. The summed E-state index contributed by atoms with van der Waals surface area (Å²) < 4.78 is 40.5. The molecule has 5 heteroatoms. The molecule has 0 atom stereocenters. The maximum Gasteiger partial charge on any atom is 0.411 e. The highest BCUT2D eigenvalue weighted by Gasteiger charge is 2.35. The molecule has 2 rings (SSSR count). The number of ether oxygens (including phenoxy) is 1. The van der Waals surface area contributed by atoms with Gasteiger partial charge in [0.1, 0.15) is 6.61 Å². The van der Waals surface area contributed by atoms with E-state index in [1.165, 1.54) is 11.1 Å². The van der Waals surface area contributed by atoms with Crippen LogP contribution in [0.1, 0.15) is 24.0 Å². The van der Waals surface area contributed by atoms with Crippen LogP contribution in [0, 0.1) is 5.41 Å². The summed E-state index contributed by atoms with van der Waals surface area (Å²) in [5.41, 5.74) is 8.53. The van der Waals surface area contributed by atoms with Crippen molar-refractivity contribution in [2.75, 3.05) is 19.8 Å². The van der Waals surface area contributed by atoms with E-state index < -0.39 is 12.8 Å². The second-order valence-electron chi connectivity index (χ2n) is 5.60. The van der Waals surface area contributed by atoms with Gasteiger partial charge in [0.25, 0.3) is 0 Å². The lowest BCUT2D eigenvalue weighted by molar-refractivity contribution is -0.174. The first-order valence-corrected chi connectivity index (χ1v) is 6.85. The molecule has 0 aromatic heterocycles. The lowest BCUT2D eigenvalue weighted by Crippen LogP contribution is -2.31. The number of rotatable bonds is 6. The predicted molar refractivity (Wildman–Crippen MR) is 71.4 cm³/mol. The van der Waals surface area contributed by atoms with Crippen molar-refractivity contribution < 1.29 is 17.9 Å². The first-order chi connectivity index (χ1) is 9.44. The van der Waals surface area contributed by atoms with E-state index in [9.17, 15) is 13.2 Å². The van der Waals surface area contributed by atoms with Gasteiger partial charge >= 0.3 is 6.18 Å². The van der Waals surface area contributed by atoms with E-state index in [4.69, 9.17) is 5.73 Å². The van der Waals surface area contributed by atoms with Crippen LogP contribution in [0.15, 0.2) is 24.3 Å². The molecule has 1 aromatic carbocycles. The van der Waals surface area contributed by atoms with Gasteiger partial charge < -0.3 is 10.5 Å². The second kappa shape index (κ2) is 6.14. The third-order valence-corrected chi connectivity index (χ3v) is 3.94. The zero-order valence-electron chi connectivity index (χ0n) is 11.4. The molecule has 20 heavy (non-hydrogen) atoms. The van der Waals surface area contributed by atoms with E-state index >= 15 is 0 Å². The molecule has 0 amide bonds. The fourth-order valence-electron chi connectivity index (χ4n) is 2.93. The van der Waals surface area contributed by atoms with Crippen molar-refractivity contribution in [3.8, 4) is 0 Å². The monoisotopic (exact) mass is 287 g/mol. The maximum absolute atomic E-state index is 12.0. The van der Waals surface area contributed by atoms with Crippen LogP contribution in [0.5, 0.6) is 0 Å². The van der Waals surface area contributed by atoms with Crippen LogP contribution < -0.4 is 5.73 Å². The summed E-state index contributed by atoms with van der Waals surface area (Å²) in [5, 5.41) is 0. The number of benzene rings is 1. The Labute approximate surface area is 117 Å². The highest BCUT2D eigenvalue weighted by atomic mass is 19.4. The van der Waals surface area contributed by atoms with E-state index in [1.54, 1.807) is 0 Å². The molecule has 112 valence electrons. The molecular formula is C15H20F3NO. The third kappa shape index (κ3) is 3.96. The third-order valence-electron chi connectivity index (χ3n) is 3.94. The van der Waals surface area contributed by atoms with Crippen molar-refractivity contribution in [2.24, 2.45) is 11.1 Å². The Morgan fingerprint density at radius 2 is 1.75 bits per heavy atom. The molecule has 0 saturated heterocycles. The van der Waals surface area contributed by atoms with Crippen molar-refractivity contribution in [1.29, 1.82) is 0 Å². The van der Waals surface area contributed by atoms with E-state index in [0.717, 1.165) is 19.3 Å². The highest BCUT2D eigenvalue weighted by Crippen LogP contribution is 2.39. The Morgan fingerprint density at radius 1 is 1.15 bits per heavy atom. The SMILES string of the molecule is NCC1(CCCOCC(F)(F)F)Cc2ccccc2C1. The summed E-state index contributed by atoms with van der Waals surface area (Å²) in [6.07, 6.45) is -0.996. The summed E-state index contributed by atoms with van der Waals surface area (Å²) in [5.74, 6) is 0. The number of hydrogen-bond donors (Lipinski definition) is 1. The Bertz CT molecular complexity index is 420. The van der Waals surface area contributed by atoms with Crippen molar-refractivity contribution in [3.05, 3.63) is 35.4 Å². The van der Waals surface area contributed by atoms with Crippen LogP contribution in [0.2, 0.25) is 0 Å². The Hall–Kier alpha value is -1.07. The van der Waals surface area contributed by atoms with Gasteiger partial charge in [-0.3, -0.25) is 0 Å². The minimum Gasteiger partial charge on any atom is -0.372 e. The van der Waals surface area contributed by atoms with Crippen molar-refractivity contribution >= 4 is 0 Å². The molecular weight excluding hydrogens is 267 g/mol. The zero-order chi connectivity index (χ0) is 14.6. The van der Waals surface area contributed by atoms with Gasteiger partial charge in [-0.2, -0.15) is 13.2 Å². The smallest absolute Gasteiger partial charge is 0.372 e. The van der Waals surface area contributed by atoms with E-state index in [2.05, 4.69) is 16.9 Å². The molecule has 0 spiro atoms. The molecule has 0 heterocycles. The van der Waals surface area contributed by atoms with Gasteiger partial charge in [0, 0.05) is 6.61 Å². The number of fused-ring (bicyclic) bond motifs is 1. The average Bonchev–Trinajstić information content (AvgIpc) is 2.76. The molecule has 0 aliphatic heterocycles. The standard InChI is InChI=1S/C15H20F3NO/c16-15(17,18)11-20-7-3-6-14(10-19)8-12-4-1-2-5-13(12)9-14/h1-2,4-5H,3,6-11,19H2. The normalized spacial score (nSPS) is 17.2. The van der Waals surface area contributed by atoms with Crippen LogP contribution in [-0.4, -0.2) is 25.9 Å². The Kier molecular flexibility index (Phi) is 4.70. The van der Waals surface area contributed by atoms with E-state index in [0.29, 0.717) is 13.0 Å². The van der Waals surface area contributed by atoms with Crippen LogP contribution in [0.3, 0.4) is 0 Å². The highest BCUT2D eigenvalue weighted by molar-refractivity contribution is 5.34. The maximum atomic E-state index is 12.0. The lowest BCUT2D eigenvalue weighted by atomic mass is 9.80. The van der Waals surface area contributed by atoms with Gasteiger partial charge in [0.15, 0.2) is 0 Å². The van der Waals surface area contributed by atoms with Crippen LogP contribution in [0.4, 0.5) is 13.2 Å². The number of halogens is 3. The average molecular weight is 287 g/mol. The molecule has 2 nitrogen and oxygen atoms in total. The summed E-state index contributed by atoms with van der Waals surface area (Å²) in [4.78, 5) is 0. The minimum absolute atomic E-state index is 0.00865. The Balaban J connectivity index is 1.80. The molecule has 0 fully saturated rings. The summed E-state index contributed by atoms with van der Waals surface area (Å²) >= 11 is 0. The van der Waals surface area contributed by atoms with Crippen LogP contribution >= 0.6 is 0 Å². The van der Waals surface area contributed by atoms with E-state index in [1.807, 2.05) is 12.1 Å². The fourth-order valence-corrected chi connectivity index (χ4v) is 2.93. The first kappa shape index (κ1) is 15.3. The Morgan fingerprint density at radius 3 is 2.25 bits per heavy atom. The quantitative estimate of drug-likeness (QED) is 0.816. The molecule has 0 unspecified atom stereocenters. The molecule has 0 bridgehead atoms. The summed E-state index contributed by atoms with van der Waals surface area (Å²) in [7, 11) is 0. The molecule has 1 aromatic rings. The molecule has 1 aliphatic carbocycles. The fraction of sp³-hybridized carbons (Fsp3) is 0.600. The van der Waals surface area contributed by atoms with Crippen LogP contribution in [0.25, 0.3) is 0 Å². The molecule has 0 saturated carbocycles. The van der Waals surface area contributed by atoms with Crippen molar-refractivity contribution in [2.45, 2.75) is 31.9 Å². The molecule has 1 aliphatic rings. The van der Waals surface area contributed by atoms with Gasteiger partial charge in [-0.1, -0.05) is 24.3 Å². The van der Waals surface area contributed by atoms with Gasteiger partial charge in [-0.05, 0) is 48.8 Å². The summed E-state index contributed by atoms with van der Waals surface area (Å²) in [6, 6.07) is 8.23. The van der Waals surface area contributed by atoms with Gasteiger partial charge in [-0.15, -0.1) is 0 Å². The van der Waals surface area contributed by atoms with Gasteiger partial charge in [-0.25, -0.2) is 0 Å². The molecule has 0 radical (unpaired) electrons.